The maximum Gasteiger partial charge on any atom is 0.339 e. The van der Waals surface area contributed by atoms with Crippen LogP contribution in [0.25, 0.3) is 20.8 Å². The normalized spacial score (nSPS) is 15.5. The number of rotatable bonds is 5. The molecule has 0 amide bonds. The van der Waals surface area contributed by atoms with E-state index in [1.165, 1.54) is 16.9 Å². The van der Waals surface area contributed by atoms with Crippen molar-refractivity contribution in [1.82, 2.24) is 4.98 Å². The fourth-order valence-corrected chi connectivity index (χ4v) is 5.51. The van der Waals surface area contributed by atoms with Gasteiger partial charge in [-0.2, -0.15) is 0 Å². The summed E-state index contributed by atoms with van der Waals surface area (Å²) in [5, 5.41) is 0.745. The van der Waals surface area contributed by atoms with Gasteiger partial charge in [-0.3, -0.25) is 4.79 Å². The lowest BCUT2D eigenvalue weighted by molar-refractivity contribution is -0.117. The van der Waals surface area contributed by atoms with Crippen LogP contribution in [0.3, 0.4) is 0 Å². The Balaban J connectivity index is 1.34. The Kier molecular flexibility index (Phi) is 5.54. The van der Waals surface area contributed by atoms with Crippen molar-refractivity contribution >= 4 is 39.0 Å². The van der Waals surface area contributed by atoms with Gasteiger partial charge in [-0.05, 0) is 29.8 Å². The van der Waals surface area contributed by atoms with Gasteiger partial charge in [-0.1, -0.05) is 62.4 Å². The SMILES string of the molecule is CN1C(=CC(=O)COC(=O)c2ccccc2-c2nc3ccccc3s2)C(C)(C)c2ccccc21. The molecule has 4 aromatic rings. The summed E-state index contributed by atoms with van der Waals surface area (Å²) >= 11 is 1.52. The largest absolute Gasteiger partial charge is 0.454 e. The van der Waals surface area contributed by atoms with Gasteiger partial charge in [0, 0.05) is 35.5 Å². The first-order valence-electron chi connectivity index (χ1n) is 11.1. The molecule has 0 aliphatic carbocycles. The number of carbonyl (C=O) groups is 2. The highest BCUT2D eigenvalue weighted by Gasteiger charge is 2.38. The maximum absolute atomic E-state index is 12.9. The summed E-state index contributed by atoms with van der Waals surface area (Å²) in [7, 11) is 1.95. The smallest absolute Gasteiger partial charge is 0.339 e. The summed E-state index contributed by atoms with van der Waals surface area (Å²) in [5.74, 6) is -0.794. The first kappa shape index (κ1) is 22.0. The second-order valence-corrected chi connectivity index (χ2v) is 9.84. The predicted octanol–water partition coefficient (Wildman–Crippen LogP) is 6.00. The van der Waals surface area contributed by atoms with Crippen LogP contribution >= 0.6 is 11.3 Å². The van der Waals surface area contributed by atoms with E-state index in [0.29, 0.717) is 11.1 Å². The second-order valence-electron chi connectivity index (χ2n) is 8.81. The third-order valence-electron chi connectivity index (χ3n) is 6.25. The minimum absolute atomic E-state index is 0.256. The van der Waals surface area contributed by atoms with Gasteiger partial charge in [0.25, 0.3) is 0 Å². The number of anilines is 1. The zero-order valence-electron chi connectivity index (χ0n) is 19.2. The lowest BCUT2D eigenvalue weighted by Crippen LogP contribution is -2.25. The molecule has 0 fully saturated rings. The number of nitrogens with zero attached hydrogens (tertiary/aromatic N) is 2. The standard InChI is InChI=1S/C28H24N2O3S/c1-28(2)21-12-6-8-14-23(21)30(3)25(28)16-18(31)17-33-27(32)20-11-5-4-10-19(20)26-29-22-13-7-9-15-24(22)34-26/h4-16H,17H2,1-3H3. The van der Waals surface area contributed by atoms with E-state index in [1.54, 1.807) is 18.2 Å². The van der Waals surface area contributed by atoms with E-state index in [4.69, 9.17) is 4.74 Å². The Morgan fingerprint density at radius 2 is 1.71 bits per heavy atom. The molecule has 3 aromatic carbocycles. The van der Waals surface area contributed by atoms with Gasteiger partial charge in [0.15, 0.2) is 12.4 Å². The first-order valence-corrected chi connectivity index (χ1v) is 11.9. The number of allylic oxidation sites excluding steroid dienone is 1. The molecular formula is C28H24N2O3S. The molecular weight excluding hydrogens is 444 g/mol. The summed E-state index contributed by atoms with van der Waals surface area (Å²) in [6.45, 7) is 3.86. The third kappa shape index (κ3) is 3.80. The van der Waals surface area contributed by atoms with Crippen molar-refractivity contribution in [2.75, 3.05) is 18.6 Å². The molecule has 1 aliphatic heterocycles. The zero-order chi connectivity index (χ0) is 23.9. The van der Waals surface area contributed by atoms with Gasteiger partial charge < -0.3 is 9.64 Å². The average molecular weight is 469 g/mol. The van der Waals surface area contributed by atoms with Gasteiger partial charge >= 0.3 is 5.97 Å². The molecule has 0 saturated heterocycles. The zero-order valence-corrected chi connectivity index (χ0v) is 20.1. The Labute approximate surface area is 202 Å². The van der Waals surface area contributed by atoms with Gasteiger partial charge in [-0.25, -0.2) is 9.78 Å². The monoisotopic (exact) mass is 468 g/mol. The van der Waals surface area contributed by atoms with Crippen LogP contribution in [0.2, 0.25) is 0 Å². The lowest BCUT2D eigenvalue weighted by Gasteiger charge is -2.23. The molecule has 0 unspecified atom stereocenters. The van der Waals surface area contributed by atoms with Crippen molar-refractivity contribution in [1.29, 1.82) is 0 Å². The van der Waals surface area contributed by atoms with Gasteiger partial charge in [0.2, 0.25) is 0 Å². The van der Waals surface area contributed by atoms with Crippen LogP contribution < -0.4 is 4.90 Å². The summed E-state index contributed by atoms with van der Waals surface area (Å²) < 4.78 is 6.49. The summed E-state index contributed by atoms with van der Waals surface area (Å²) in [4.78, 5) is 32.4. The van der Waals surface area contributed by atoms with Crippen molar-refractivity contribution < 1.29 is 14.3 Å². The van der Waals surface area contributed by atoms with E-state index in [2.05, 4.69) is 24.9 Å². The number of hydrogen-bond donors (Lipinski definition) is 0. The molecule has 0 spiro atoms. The van der Waals surface area contributed by atoms with Crippen LogP contribution in [0.5, 0.6) is 0 Å². The topological polar surface area (TPSA) is 59.5 Å². The minimum Gasteiger partial charge on any atom is -0.454 e. The number of ether oxygens (including phenoxy) is 1. The average Bonchev–Trinajstić information content (AvgIpc) is 3.36. The van der Waals surface area contributed by atoms with Crippen LogP contribution in [-0.2, 0) is 14.9 Å². The molecule has 1 aromatic heterocycles. The lowest BCUT2D eigenvalue weighted by atomic mass is 9.83. The molecule has 1 aliphatic rings. The number of thiazole rings is 1. The summed E-state index contributed by atoms with van der Waals surface area (Å²) in [6.07, 6.45) is 1.59. The second kappa shape index (κ2) is 8.54. The predicted molar refractivity (Wildman–Crippen MR) is 136 cm³/mol. The number of esters is 1. The minimum atomic E-state index is -0.538. The van der Waals surface area contributed by atoms with E-state index >= 15 is 0 Å². The number of aromatic nitrogens is 1. The van der Waals surface area contributed by atoms with Crippen molar-refractivity contribution in [3.63, 3.8) is 0 Å². The van der Waals surface area contributed by atoms with Gasteiger partial charge in [-0.15, -0.1) is 11.3 Å². The van der Waals surface area contributed by atoms with E-state index < -0.39 is 5.97 Å². The van der Waals surface area contributed by atoms with Crippen molar-refractivity contribution in [2.45, 2.75) is 19.3 Å². The van der Waals surface area contributed by atoms with E-state index in [9.17, 15) is 9.59 Å². The Morgan fingerprint density at radius 1 is 1.00 bits per heavy atom. The number of ketones is 1. The highest BCUT2D eigenvalue weighted by atomic mass is 32.1. The first-order chi connectivity index (χ1) is 16.4. The molecule has 0 bridgehead atoms. The Hall–Kier alpha value is -3.77. The Bertz CT molecular complexity index is 1420. The molecule has 2 heterocycles. The van der Waals surface area contributed by atoms with Crippen LogP contribution in [-0.4, -0.2) is 30.4 Å². The molecule has 0 radical (unpaired) electrons. The van der Waals surface area contributed by atoms with Crippen molar-refractivity contribution in [2.24, 2.45) is 0 Å². The number of fused-ring (bicyclic) bond motifs is 2. The van der Waals surface area contributed by atoms with E-state index in [-0.39, 0.29) is 17.8 Å². The maximum atomic E-state index is 12.9. The van der Waals surface area contributed by atoms with Gasteiger partial charge in [0.05, 0.1) is 15.8 Å². The molecule has 0 N–H and O–H groups in total. The fraction of sp³-hybridized carbons (Fsp3) is 0.179. The number of hydrogen-bond acceptors (Lipinski definition) is 6. The number of carbonyl (C=O) groups excluding carboxylic acids is 2. The number of likely N-dealkylation sites (N-methyl/N-ethyl adjacent to an activating group) is 1. The van der Waals surface area contributed by atoms with Gasteiger partial charge in [0.1, 0.15) is 5.01 Å². The Morgan fingerprint density at radius 3 is 2.50 bits per heavy atom. The molecule has 170 valence electrons. The molecule has 5 nitrogen and oxygen atoms in total. The summed E-state index contributed by atoms with van der Waals surface area (Å²) in [5.41, 5.74) is 4.79. The highest BCUT2D eigenvalue weighted by molar-refractivity contribution is 7.21. The molecule has 5 rings (SSSR count). The van der Waals surface area contributed by atoms with Crippen molar-refractivity contribution in [3.8, 4) is 10.6 Å². The number of benzene rings is 3. The summed E-state index contributed by atoms with van der Waals surface area (Å²) in [6, 6.07) is 23.2. The van der Waals surface area contributed by atoms with Crippen LogP contribution in [0.15, 0.2) is 84.6 Å². The molecule has 34 heavy (non-hydrogen) atoms. The quantitative estimate of drug-likeness (QED) is 0.266. The fourth-order valence-electron chi connectivity index (χ4n) is 4.50. The van der Waals surface area contributed by atoms with Crippen LogP contribution in [0.1, 0.15) is 29.8 Å². The third-order valence-corrected chi connectivity index (χ3v) is 7.32. The highest BCUT2D eigenvalue weighted by Crippen LogP contribution is 2.46. The van der Waals surface area contributed by atoms with E-state index in [1.807, 2.05) is 66.5 Å². The molecule has 0 saturated carbocycles. The van der Waals surface area contributed by atoms with Crippen molar-refractivity contribution in [3.05, 3.63) is 95.7 Å². The van der Waals surface area contributed by atoms with Crippen LogP contribution in [0.4, 0.5) is 5.69 Å². The molecule has 0 atom stereocenters. The van der Waals surface area contributed by atoms with E-state index in [0.717, 1.165) is 26.6 Å². The van der Waals surface area contributed by atoms with Crippen LogP contribution in [0, 0.1) is 0 Å². The number of para-hydroxylation sites is 2. The molecule has 6 heteroatoms.